The predicted octanol–water partition coefficient (Wildman–Crippen LogP) is 1.47. The zero-order chi connectivity index (χ0) is 13.3. The zero-order valence-corrected chi connectivity index (χ0v) is 11.5. The Bertz CT molecular complexity index is 412. The largest absolute Gasteiger partial charge is 0.392 e. The standard InChI is InChI=1S/C15H24O3/c1-14(2)5-8-11(6-14)15(3)10(4-12(15)17)9(7-16)13(8)18/h8,11-13,16-18H,4-7H2,1-3H3/t8-,11+,12?,13+,15?/m1/s1. The average Bonchev–Trinajstić information content (AvgIpc) is 2.63. The van der Waals surface area contributed by atoms with Gasteiger partial charge < -0.3 is 15.3 Å². The first-order valence-corrected chi connectivity index (χ1v) is 7.00. The van der Waals surface area contributed by atoms with E-state index in [1.807, 2.05) is 0 Å². The van der Waals surface area contributed by atoms with Crippen molar-refractivity contribution < 1.29 is 15.3 Å². The Balaban J connectivity index is 2.06. The zero-order valence-electron chi connectivity index (χ0n) is 11.5. The predicted molar refractivity (Wildman–Crippen MR) is 68.8 cm³/mol. The van der Waals surface area contributed by atoms with E-state index in [9.17, 15) is 15.3 Å². The quantitative estimate of drug-likeness (QED) is 0.619. The summed E-state index contributed by atoms with van der Waals surface area (Å²) in [6, 6.07) is 0. The highest BCUT2D eigenvalue weighted by Crippen LogP contribution is 2.66. The van der Waals surface area contributed by atoms with Gasteiger partial charge in [-0.3, -0.25) is 0 Å². The molecule has 0 spiro atoms. The van der Waals surface area contributed by atoms with Crippen LogP contribution in [0.15, 0.2) is 11.1 Å². The second-order valence-electron chi connectivity index (χ2n) is 7.45. The van der Waals surface area contributed by atoms with Gasteiger partial charge in [0.05, 0.1) is 18.8 Å². The van der Waals surface area contributed by atoms with Crippen molar-refractivity contribution in [2.24, 2.45) is 22.7 Å². The van der Waals surface area contributed by atoms with Gasteiger partial charge >= 0.3 is 0 Å². The highest BCUT2D eigenvalue weighted by Gasteiger charge is 2.62. The minimum Gasteiger partial charge on any atom is -0.392 e. The van der Waals surface area contributed by atoms with Gasteiger partial charge in [0, 0.05) is 5.41 Å². The van der Waals surface area contributed by atoms with Crippen LogP contribution < -0.4 is 0 Å². The van der Waals surface area contributed by atoms with Crippen molar-refractivity contribution in [3.63, 3.8) is 0 Å². The first-order valence-electron chi connectivity index (χ1n) is 7.00. The smallest absolute Gasteiger partial charge is 0.0806 e. The van der Waals surface area contributed by atoms with Crippen LogP contribution in [0.1, 0.15) is 40.0 Å². The minimum absolute atomic E-state index is 0.0670. The number of aliphatic hydroxyl groups is 3. The Labute approximate surface area is 109 Å². The summed E-state index contributed by atoms with van der Waals surface area (Å²) in [4.78, 5) is 0. The fourth-order valence-electron chi connectivity index (χ4n) is 4.87. The summed E-state index contributed by atoms with van der Waals surface area (Å²) < 4.78 is 0. The van der Waals surface area contributed by atoms with E-state index in [4.69, 9.17) is 0 Å². The molecule has 0 aromatic carbocycles. The molecule has 0 amide bonds. The van der Waals surface area contributed by atoms with Gasteiger partial charge in [0.15, 0.2) is 0 Å². The lowest BCUT2D eigenvalue weighted by molar-refractivity contribution is -0.0813. The van der Waals surface area contributed by atoms with Crippen LogP contribution in [0, 0.1) is 22.7 Å². The van der Waals surface area contributed by atoms with Gasteiger partial charge in [0.1, 0.15) is 0 Å². The van der Waals surface area contributed by atoms with Crippen LogP contribution in [0.3, 0.4) is 0 Å². The lowest BCUT2D eigenvalue weighted by Crippen LogP contribution is -2.57. The van der Waals surface area contributed by atoms with Gasteiger partial charge in [-0.05, 0) is 42.1 Å². The lowest BCUT2D eigenvalue weighted by atomic mass is 9.49. The first kappa shape index (κ1) is 12.6. The number of hydrogen-bond acceptors (Lipinski definition) is 3. The van der Waals surface area contributed by atoms with Crippen molar-refractivity contribution in [1.29, 1.82) is 0 Å². The van der Waals surface area contributed by atoms with Crippen molar-refractivity contribution in [2.45, 2.75) is 52.2 Å². The molecule has 3 nitrogen and oxygen atoms in total. The molecule has 3 aliphatic rings. The second-order valence-corrected chi connectivity index (χ2v) is 7.45. The number of rotatable bonds is 1. The summed E-state index contributed by atoms with van der Waals surface area (Å²) >= 11 is 0. The summed E-state index contributed by atoms with van der Waals surface area (Å²) in [5, 5.41) is 30.3. The Kier molecular flexibility index (Phi) is 2.52. The molecular weight excluding hydrogens is 228 g/mol. The summed E-state index contributed by atoms with van der Waals surface area (Å²) in [6.07, 6.45) is 1.87. The monoisotopic (exact) mass is 252 g/mol. The molecule has 3 rings (SSSR count). The molecular formula is C15H24O3. The van der Waals surface area contributed by atoms with E-state index in [1.165, 1.54) is 0 Å². The fraction of sp³-hybridized carbons (Fsp3) is 0.867. The van der Waals surface area contributed by atoms with E-state index in [2.05, 4.69) is 20.8 Å². The molecule has 2 saturated carbocycles. The Morgan fingerprint density at radius 2 is 1.83 bits per heavy atom. The van der Waals surface area contributed by atoms with Gasteiger partial charge in [0.2, 0.25) is 0 Å². The molecule has 18 heavy (non-hydrogen) atoms. The number of hydrogen-bond donors (Lipinski definition) is 3. The van der Waals surface area contributed by atoms with Crippen molar-refractivity contribution in [3.8, 4) is 0 Å². The topological polar surface area (TPSA) is 60.7 Å². The van der Waals surface area contributed by atoms with E-state index in [-0.39, 0.29) is 29.5 Å². The summed E-state index contributed by atoms with van der Waals surface area (Å²) in [6.45, 7) is 6.54. The highest BCUT2D eigenvalue weighted by atomic mass is 16.3. The van der Waals surface area contributed by atoms with E-state index >= 15 is 0 Å². The van der Waals surface area contributed by atoms with Gasteiger partial charge in [0.25, 0.3) is 0 Å². The molecule has 0 saturated heterocycles. The van der Waals surface area contributed by atoms with Gasteiger partial charge in [-0.25, -0.2) is 0 Å². The molecule has 3 aliphatic carbocycles. The molecule has 5 atom stereocenters. The summed E-state index contributed by atoms with van der Waals surface area (Å²) in [7, 11) is 0. The van der Waals surface area contributed by atoms with Crippen LogP contribution in [0.25, 0.3) is 0 Å². The normalized spacial score (nSPS) is 49.7. The molecule has 0 radical (unpaired) electrons. The molecule has 2 fully saturated rings. The maximum atomic E-state index is 10.5. The molecule has 2 unspecified atom stereocenters. The summed E-state index contributed by atoms with van der Waals surface area (Å²) in [5.41, 5.74) is 1.95. The van der Waals surface area contributed by atoms with Crippen molar-refractivity contribution >= 4 is 0 Å². The molecule has 0 aliphatic heterocycles. The second kappa shape index (κ2) is 3.59. The van der Waals surface area contributed by atoms with Crippen LogP contribution >= 0.6 is 0 Å². The Morgan fingerprint density at radius 1 is 1.17 bits per heavy atom. The number of aliphatic hydroxyl groups excluding tert-OH is 3. The highest BCUT2D eigenvalue weighted by molar-refractivity contribution is 5.40. The number of fused-ring (bicyclic) bond motifs is 3. The molecule has 3 N–H and O–H groups in total. The van der Waals surface area contributed by atoms with E-state index in [0.29, 0.717) is 12.3 Å². The maximum Gasteiger partial charge on any atom is 0.0806 e. The molecule has 0 bridgehead atoms. The van der Waals surface area contributed by atoms with Crippen molar-refractivity contribution in [2.75, 3.05) is 6.61 Å². The summed E-state index contributed by atoms with van der Waals surface area (Å²) in [5.74, 6) is 0.558. The minimum atomic E-state index is -0.502. The molecule has 3 heteroatoms. The van der Waals surface area contributed by atoms with Crippen LogP contribution in [0.2, 0.25) is 0 Å². The molecule has 0 aromatic heterocycles. The third-order valence-corrected chi connectivity index (χ3v) is 5.91. The van der Waals surface area contributed by atoms with Crippen LogP contribution in [0.4, 0.5) is 0 Å². The van der Waals surface area contributed by atoms with E-state index < -0.39 is 6.10 Å². The van der Waals surface area contributed by atoms with Crippen LogP contribution in [0.5, 0.6) is 0 Å². The maximum absolute atomic E-state index is 10.5. The van der Waals surface area contributed by atoms with Crippen LogP contribution in [-0.2, 0) is 0 Å². The molecule has 0 aromatic rings. The molecule has 0 heterocycles. The first-order chi connectivity index (χ1) is 8.31. The van der Waals surface area contributed by atoms with Crippen molar-refractivity contribution in [3.05, 3.63) is 11.1 Å². The molecule has 102 valence electrons. The Hall–Kier alpha value is -0.380. The average molecular weight is 252 g/mol. The van der Waals surface area contributed by atoms with Gasteiger partial charge in [-0.1, -0.05) is 26.3 Å². The van der Waals surface area contributed by atoms with E-state index in [1.54, 1.807) is 0 Å². The van der Waals surface area contributed by atoms with Crippen LogP contribution in [-0.4, -0.2) is 34.1 Å². The third-order valence-electron chi connectivity index (χ3n) is 5.91. The Morgan fingerprint density at radius 3 is 2.39 bits per heavy atom. The SMILES string of the molecule is CC1(C)C[C@H]2[C@H](O)C(CO)=C3CC(O)C3(C)[C@H]2C1. The lowest BCUT2D eigenvalue weighted by Gasteiger charge is -2.57. The fourth-order valence-corrected chi connectivity index (χ4v) is 4.87. The van der Waals surface area contributed by atoms with Crippen molar-refractivity contribution in [1.82, 2.24) is 0 Å². The van der Waals surface area contributed by atoms with Gasteiger partial charge in [-0.2, -0.15) is 0 Å². The van der Waals surface area contributed by atoms with E-state index in [0.717, 1.165) is 24.0 Å². The third kappa shape index (κ3) is 1.36. The van der Waals surface area contributed by atoms with Gasteiger partial charge in [-0.15, -0.1) is 0 Å².